The molecule has 1 rings (SSSR count). The predicted molar refractivity (Wildman–Crippen MR) is 48.9 cm³/mol. The van der Waals surface area contributed by atoms with Gasteiger partial charge in [-0.1, -0.05) is 13.8 Å². The smallest absolute Gasteiger partial charge is 0.0593 e. The first kappa shape index (κ1) is 10.9. The van der Waals surface area contributed by atoms with Gasteiger partial charge in [-0.2, -0.15) is 0 Å². The van der Waals surface area contributed by atoms with E-state index < -0.39 is 0 Å². The SMILES string of the molecule is CC.CC1CCOCCN1C. The number of ether oxygens (including phenoxy) is 1. The summed E-state index contributed by atoms with van der Waals surface area (Å²) in [6, 6.07) is 0.701. The molecule has 1 unspecified atom stereocenters. The Morgan fingerprint density at radius 1 is 1.27 bits per heavy atom. The molecular weight excluding hydrogens is 138 g/mol. The lowest BCUT2D eigenvalue weighted by molar-refractivity contribution is 0.144. The van der Waals surface area contributed by atoms with E-state index in [0.717, 1.165) is 19.8 Å². The van der Waals surface area contributed by atoms with Crippen LogP contribution in [0.5, 0.6) is 0 Å². The van der Waals surface area contributed by atoms with Crippen molar-refractivity contribution >= 4 is 0 Å². The van der Waals surface area contributed by atoms with Crippen LogP contribution in [-0.4, -0.2) is 37.7 Å². The second-order valence-corrected chi connectivity index (χ2v) is 2.73. The van der Waals surface area contributed by atoms with Crippen molar-refractivity contribution < 1.29 is 4.74 Å². The third kappa shape index (κ3) is 4.38. The molecule has 1 fully saturated rings. The van der Waals surface area contributed by atoms with Gasteiger partial charge in [0, 0.05) is 19.2 Å². The van der Waals surface area contributed by atoms with Crippen molar-refractivity contribution in [3.63, 3.8) is 0 Å². The Hall–Kier alpha value is -0.0800. The Bertz CT molecular complexity index is 75.6. The fraction of sp³-hybridized carbons (Fsp3) is 1.00. The molecule has 0 spiro atoms. The van der Waals surface area contributed by atoms with Gasteiger partial charge in [0.15, 0.2) is 0 Å². The highest BCUT2D eigenvalue weighted by Crippen LogP contribution is 2.04. The molecule has 68 valence electrons. The summed E-state index contributed by atoms with van der Waals surface area (Å²) < 4.78 is 5.29. The van der Waals surface area contributed by atoms with Crippen LogP contribution in [0, 0.1) is 0 Å². The monoisotopic (exact) mass is 159 g/mol. The highest BCUT2D eigenvalue weighted by Gasteiger charge is 2.11. The fourth-order valence-corrected chi connectivity index (χ4v) is 1.01. The minimum Gasteiger partial charge on any atom is -0.380 e. The summed E-state index contributed by atoms with van der Waals surface area (Å²) in [6.45, 7) is 9.17. The van der Waals surface area contributed by atoms with Gasteiger partial charge in [0.05, 0.1) is 6.61 Å². The van der Waals surface area contributed by atoms with Crippen LogP contribution >= 0.6 is 0 Å². The summed E-state index contributed by atoms with van der Waals surface area (Å²) in [5.74, 6) is 0. The molecule has 2 nitrogen and oxygen atoms in total. The van der Waals surface area contributed by atoms with E-state index in [-0.39, 0.29) is 0 Å². The Labute approximate surface area is 70.5 Å². The van der Waals surface area contributed by atoms with Crippen molar-refractivity contribution in [1.29, 1.82) is 0 Å². The zero-order valence-electron chi connectivity index (χ0n) is 8.26. The molecule has 1 heterocycles. The largest absolute Gasteiger partial charge is 0.380 e. The second kappa shape index (κ2) is 6.62. The van der Waals surface area contributed by atoms with Crippen molar-refractivity contribution in [2.24, 2.45) is 0 Å². The average molecular weight is 159 g/mol. The van der Waals surface area contributed by atoms with E-state index in [1.54, 1.807) is 0 Å². The van der Waals surface area contributed by atoms with E-state index in [9.17, 15) is 0 Å². The highest BCUT2D eigenvalue weighted by molar-refractivity contribution is 4.65. The van der Waals surface area contributed by atoms with Crippen LogP contribution in [0.4, 0.5) is 0 Å². The molecule has 1 aliphatic heterocycles. The van der Waals surface area contributed by atoms with Gasteiger partial charge in [-0.05, 0) is 20.4 Å². The van der Waals surface area contributed by atoms with Crippen LogP contribution in [-0.2, 0) is 4.74 Å². The van der Waals surface area contributed by atoms with Crippen molar-refractivity contribution in [3.8, 4) is 0 Å². The third-order valence-electron chi connectivity index (χ3n) is 2.02. The average Bonchev–Trinajstić information content (AvgIpc) is 2.22. The van der Waals surface area contributed by atoms with Gasteiger partial charge < -0.3 is 9.64 Å². The predicted octanol–water partition coefficient (Wildman–Crippen LogP) is 1.75. The van der Waals surface area contributed by atoms with Gasteiger partial charge in [-0.3, -0.25) is 0 Å². The number of rotatable bonds is 0. The van der Waals surface area contributed by atoms with E-state index in [1.165, 1.54) is 6.42 Å². The van der Waals surface area contributed by atoms with Crippen molar-refractivity contribution in [2.45, 2.75) is 33.2 Å². The Morgan fingerprint density at radius 3 is 2.55 bits per heavy atom. The molecule has 0 amide bonds. The molecule has 0 radical (unpaired) electrons. The third-order valence-corrected chi connectivity index (χ3v) is 2.02. The van der Waals surface area contributed by atoms with Crippen LogP contribution < -0.4 is 0 Å². The van der Waals surface area contributed by atoms with Crippen molar-refractivity contribution in [3.05, 3.63) is 0 Å². The standard InChI is InChI=1S/C7H15NO.C2H6/c1-7-3-5-9-6-4-8(7)2;1-2/h7H,3-6H2,1-2H3;1-2H3. The maximum atomic E-state index is 5.29. The molecule has 0 N–H and O–H groups in total. The van der Waals surface area contributed by atoms with Gasteiger partial charge in [-0.25, -0.2) is 0 Å². The molecule has 0 aromatic rings. The Morgan fingerprint density at radius 2 is 1.91 bits per heavy atom. The van der Waals surface area contributed by atoms with Crippen LogP contribution in [0.25, 0.3) is 0 Å². The molecule has 2 heteroatoms. The molecule has 0 aliphatic carbocycles. The van der Waals surface area contributed by atoms with E-state index in [0.29, 0.717) is 6.04 Å². The lowest BCUT2D eigenvalue weighted by Gasteiger charge is -2.19. The van der Waals surface area contributed by atoms with Gasteiger partial charge in [0.1, 0.15) is 0 Å². The summed E-state index contributed by atoms with van der Waals surface area (Å²) in [6.07, 6.45) is 1.18. The topological polar surface area (TPSA) is 12.5 Å². The van der Waals surface area contributed by atoms with E-state index >= 15 is 0 Å². The van der Waals surface area contributed by atoms with Gasteiger partial charge in [0.2, 0.25) is 0 Å². The first-order valence-corrected chi connectivity index (χ1v) is 4.58. The lowest BCUT2D eigenvalue weighted by Crippen LogP contribution is -2.29. The summed E-state index contributed by atoms with van der Waals surface area (Å²) in [7, 11) is 2.15. The zero-order chi connectivity index (χ0) is 8.69. The lowest BCUT2D eigenvalue weighted by atomic mass is 10.2. The number of nitrogens with zero attached hydrogens (tertiary/aromatic N) is 1. The summed E-state index contributed by atoms with van der Waals surface area (Å²) in [4.78, 5) is 2.34. The van der Waals surface area contributed by atoms with Crippen molar-refractivity contribution in [1.82, 2.24) is 4.90 Å². The molecule has 1 atom stereocenters. The molecular formula is C9H21NO. The Balaban J connectivity index is 0.000000461. The summed E-state index contributed by atoms with van der Waals surface area (Å²) >= 11 is 0. The van der Waals surface area contributed by atoms with Crippen LogP contribution in [0.2, 0.25) is 0 Å². The fourth-order valence-electron chi connectivity index (χ4n) is 1.01. The van der Waals surface area contributed by atoms with Gasteiger partial charge in [-0.15, -0.1) is 0 Å². The van der Waals surface area contributed by atoms with E-state index in [2.05, 4.69) is 18.9 Å². The highest BCUT2D eigenvalue weighted by atomic mass is 16.5. The molecule has 11 heavy (non-hydrogen) atoms. The summed E-state index contributed by atoms with van der Waals surface area (Å²) in [5, 5.41) is 0. The van der Waals surface area contributed by atoms with Gasteiger partial charge >= 0.3 is 0 Å². The molecule has 0 aromatic heterocycles. The molecule has 0 bridgehead atoms. The first-order chi connectivity index (χ1) is 5.30. The zero-order valence-corrected chi connectivity index (χ0v) is 8.26. The normalized spacial score (nSPS) is 26.7. The maximum Gasteiger partial charge on any atom is 0.0593 e. The van der Waals surface area contributed by atoms with Crippen molar-refractivity contribution in [2.75, 3.05) is 26.8 Å². The molecule has 1 aliphatic rings. The Kier molecular flexibility index (Phi) is 6.57. The van der Waals surface area contributed by atoms with E-state index in [4.69, 9.17) is 4.74 Å². The van der Waals surface area contributed by atoms with Crippen LogP contribution in [0.1, 0.15) is 27.2 Å². The molecule has 0 saturated carbocycles. The number of hydrogen-bond acceptors (Lipinski definition) is 2. The molecule has 1 saturated heterocycles. The number of hydrogen-bond donors (Lipinski definition) is 0. The minimum atomic E-state index is 0.701. The minimum absolute atomic E-state index is 0.701. The maximum absolute atomic E-state index is 5.29. The van der Waals surface area contributed by atoms with Gasteiger partial charge in [0.25, 0.3) is 0 Å². The number of likely N-dealkylation sites (N-methyl/N-ethyl adjacent to an activating group) is 1. The second-order valence-electron chi connectivity index (χ2n) is 2.73. The summed E-state index contributed by atoms with van der Waals surface area (Å²) in [5.41, 5.74) is 0. The van der Waals surface area contributed by atoms with Crippen LogP contribution in [0.3, 0.4) is 0 Å². The molecule has 0 aromatic carbocycles. The van der Waals surface area contributed by atoms with E-state index in [1.807, 2.05) is 13.8 Å². The first-order valence-electron chi connectivity index (χ1n) is 4.58. The van der Waals surface area contributed by atoms with Crippen LogP contribution in [0.15, 0.2) is 0 Å². The quantitative estimate of drug-likeness (QED) is 0.534.